The van der Waals surface area contributed by atoms with Crippen LogP contribution in [0.1, 0.15) is 5.56 Å². The summed E-state index contributed by atoms with van der Waals surface area (Å²) in [7, 11) is 1.86. The van der Waals surface area contributed by atoms with Crippen LogP contribution in [-0.2, 0) is 6.42 Å². The maximum absolute atomic E-state index is 13.9. The highest BCUT2D eigenvalue weighted by atomic mass is 35.5. The molecule has 5 heteroatoms. The summed E-state index contributed by atoms with van der Waals surface area (Å²) >= 11 is 12.5. The minimum Gasteiger partial charge on any atom is -0.488 e. The van der Waals surface area contributed by atoms with Crippen molar-refractivity contribution >= 4 is 23.2 Å². The van der Waals surface area contributed by atoms with Crippen LogP contribution in [0.25, 0.3) is 11.1 Å². The molecule has 0 spiro atoms. The second-order valence-corrected chi connectivity index (χ2v) is 5.85. The summed E-state index contributed by atoms with van der Waals surface area (Å²) in [6.45, 7) is 0.700. The van der Waals surface area contributed by atoms with Crippen molar-refractivity contribution < 1.29 is 9.13 Å². The monoisotopic (exact) mass is 325 g/mol. The van der Waals surface area contributed by atoms with Crippen molar-refractivity contribution in [1.82, 2.24) is 5.32 Å². The largest absolute Gasteiger partial charge is 0.488 e. The number of benzene rings is 2. The Kier molecular flexibility index (Phi) is 4.07. The van der Waals surface area contributed by atoms with Crippen LogP contribution in [0.15, 0.2) is 30.3 Å². The molecule has 21 heavy (non-hydrogen) atoms. The molecule has 0 aromatic heterocycles. The Morgan fingerprint density at radius 2 is 2.00 bits per heavy atom. The molecule has 0 radical (unpaired) electrons. The third-order valence-electron chi connectivity index (χ3n) is 3.53. The molecule has 2 aromatic rings. The summed E-state index contributed by atoms with van der Waals surface area (Å²) < 4.78 is 19.9. The van der Waals surface area contributed by atoms with Crippen molar-refractivity contribution in [1.29, 1.82) is 0 Å². The average Bonchev–Trinajstić information content (AvgIpc) is 2.81. The van der Waals surface area contributed by atoms with E-state index in [1.165, 1.54) is 12.1 Å². The predicted octanol–water partition coefficient (Wildman–Crippen LogP) is 4.32. The molecular weight excluding hydrogens is 312 g/mol. The number of fused-ring (bicyclic) bond motifs is 1. The van der Waals surface area contributed by atoms with Gasteiger partial charge in [-0.25, -0.2) is 4.39 Å². The molecule has 1 unspecified atom stereocenters. The van der Waals surface area contributed by atoms with E-state index in [1.807, 2.05) is 7.05 Å². The van der Waals surface area contributed by atoms with Crippen LogP contribution in [0.3, 0.4) is 0 Å². The van der Waals surface area contributed by atoms with E-state index in [0.717, 1.165) is 5.56 Å². The summed E-state index contributed by atoms with van der Waals surface area (Å²) in [5, 5.41) is 4.03. The van der Waals surface area contributed by atoms with Gasteiger partial charge in [0.25, 0.3) is 0 Å². The molecule has 0 saturated heterocycles. The lowest BCUT2D eigenvalue weighted by Gasteiger charge is -2.14. The van der Waals surface area contributed by atoms with E-state index in [-0.39, 0.29) is 11.9 Å². The third-order valence-corrected chi connectivity index (χ3v) is 4.16. The Balaban J connectivity index is 2.14. The molecule has 1 aliphatic heterocycles. The fourth-order valence-corrected chi connectivity index (χ4v) is 3.28. The number of hydrogen-bond acceptors (Lipinski definition) is 2. The molecule has 0 saturated carbocycles. The second-order valence-electron chi connectivity index (χ2n) is 5.04. The van der Waals surface area contributed by atoms with Crippen molar-refractivity contribution in [3.05, 3.63) is 51.8 Å². The standard InChI is InChI=1S/C16H14Cl2FNO/c1-20-8-11-6-9-5-10(19)7-12(16(9)21-11)15-13(17)3-2-4-14(15)18/h2-5,7,11,20H,6,8H2,1H3. The molecule has 0 amide bonds. The van der Waals surface area contributed by atoms with Gasteiger partial charge >= 0.3 is 0 Å². The Morgan fingerprint density at radius 3 is 2.67 bits per heavy atom. The fraction of sp³-hybridized carbons (Fsp3) is 0.250. The van der Waals surface area contributed by atoms with E-state index in [1.54, 1.807) is 18.2 Å². The van der Waals surface area contributed by atoms with Crippen LogP contribution in [0.4, 0.5) is 4.39 Å². The number of rotatable bonds is 3. The van der Waals surface area contributed by atoms with Gasteiger partial charge in [-0.2, -0.15) is 0 Å². The number of nitrogens with one attached hydrogen (secondary N) is 1. The van der Waals surface area contributed by atoms with Crippen LogP contribution >= 0.6 is 23.2 Å². The third kappa shape index (κ3) is 2.73. The van der Waals surface area contributed by atoms with E-state index in [2.05, 4.69) is 5.32 Å². The Bertz CT molecular complexity index is 670. The minimum atomic E-state index is -0.312. The Morgan fingerprint density at radius 1 is 1.29 bits per heavy atom. The van der Waals surface area contributed by atoms with Crippen LogP contribution in [0, 0.1) is 5.82 Å². The van der Waals surface area contributed by atoms with Crippen molar-refractivity contribution in [2.45, 2.75) is 12.5 Å². The van der Waals surface area contributed by atoms with Gasteiger partial charge in [0, 0.05) is 29.7 Å². The summed E-state index contributed by atoms with van der Waals surface area (Å²) in [4.78, 5) is 0. The van der Waals surface area contributed by atoms with Gasteiger partial charge in [0.05, 0.1) is 10.0 Å². The highest BCUT2D eigenvalue weighted by molar-refractivity contribution is 6.39. The lowest BCUT2D eigenvalue weighted by Crippen LogP contribution is -2.27. The maximum atomic E-state index is 13.9. The maximum Gasteiger partial charge on any atom is 0.131 e. The first kappa shape index (κ1) is 14.6. The van der Waals surface area contributed by atoms with Gasteiger partial charge in [-0.05, 0) is 31.3 Å². The number of halogens is 3. The zero-order chi connectivity index (χ0) is 15.0. The molecule has 0 aliphatic carbocycles. The highest BCUT2D eigenvalue weighted by Crippen LogP contribution is 2.44. The molecule has 2 aromatic carbocycles. The number of hydrogen-bond donors (Lipinski definition) is 1. The molecule has 0 fully saturated rings. The average molecular weight is 326 g/mol. The van der Waals surface area contributed by atoms with Crippen molar-refractivity contribution in [3.63, 3.8) is 0 Å². The van der Waals surface area contributed by atoms with E-state index in [9.17, 15) is 4.39 Å². The summed E-state index contributed by atoms with van der Waals surface area (Å²) in [5.74, 6) is 0.361. The number of ether oxygens (including phenoxy) is 1. The second kappa shape index (κ2) is 5.84. The van der Waals surface area contributed by atoms with Crippen molar-refractivity contribution in [3.8, 4) is 16.9 Å². The van der Waals surface area contributed by atoms with Gasteiger partial charge in [-0.3, -0.25) is 0 Å². The van der Waals surface area contributed by atoms with E-state index in [4.69, 9.17) is 27.9 Å². The lowest BCUT2D eigenvalue weighted by molar-refractivity contribution is 0.232. The Hall–Kier alpha value is -1.29. The van der Waals surface area contributed by atoms with E-state index in [0.29, 0.717) is 39.9 Å². The quantitative estimate of drug-likeness (QED) is 0.907. The summed E-state index contributed by atoms with van der Waals surface area (Å²) in [5.41, 5.74) is 2.07. The van der Waals surface area contributed by atoms with Crippen molar-refractivity contribution in [2.75, 3.05) is 13.6 Å². The zero-order valence-electron chi connectivity index (χ0n) is 11.4. The first-order valence-electron chi connectivity index (χ1n) is 6.68. The predicted molar refractivity (Wildman–Crippen MR) is 83.9 cm³/mol. The summed E-state index contributed by atoms with van der Waals surface area (Å²) in [6, 6.07) is 8.17. The topological polar surface area (TPSA) is 21.3 Å². The molecule has 3 rings (SSSR count). The fourth-order valence-electron chi connectivity index (χ4n) is 2.68. The van der Waals surface area contributed by atoms with Crippen LogP contribution in [0.5, 0.6) is 5.75 Å². The molecule has 1 N–H and O–H groups in total. The number of likely N-dealkylation sites (N-methyl/N-ethyl adjacent to an activating group) is 1. The van der Waals surface area contributed by atoms with Gasteiger partial charge in [0.2, 0.25) is 0 Å². The minimum absolute atomic E-state index is 0.00758. The van der Waals surface area contributed by atoms with Gasteiger partial charge in [0.1, 0.15) is 17.7 Å². The van der Waals surface area contributed by atoms with E-state index < -0.39 is 0 Å². The van der Waals surface area contributed by atoms with Crippen LogP contribution < -0.4 is 10.1 Å². The first-order chi connectivity index (χ1) is 10.1. The molecular formula is C16H14Cl2FNO. The van der Waals surface area contributed by atoms with Crippen molar-refractivity contribution in [2.24, 2.45) is 0 Å². The Labute approximate surface area is 132 Å². The highest BCUT2D eigenvalue weighted by Gasteiger charge is 2.27. The molecule has 1 atom stereocenters. The van der Waals surface area contributed by atoms with Gasteiger partial charge in [-0.1, -0.05) is 29.3 Å². The molecule has 110 valence electrons. The lowest BCUT2D eigenvalue weighted by atomic mass is 10.00. The van der Waals surface area contributed by atoms with E-state index >= 15 is 0 Å². The van der Waals surface area contributed by atoms with Crippen LogP contribution in [-0.4, -0.2) is 19.7 Å². The van der Waals surface area contributed by atoms with Gasteiger partial charge in [0.15, 0.2) is 0 Å². The normalized spacial score (nSPS) is 16.7. The molecule has 1 aliphatic rings. The summed E-state index contributed by atoms with van der Waals surface area (Å²) in [6.07, 6.45) is 0.662. The zero-order valence-corrected chi connectivity index (χ0v) is 12.9. The molecule has 2 nitrogen and oxygen atoms in total. The first-order valence-corrected chi connectivity index (χ1v) is 7.44. The molecule has 0 bridgehead atoms. The van der Waals surface area contributed by atoms with Gasteiger partial charge in [-0.15, -0.1) is 0 Å². The van der Waals surface area contributed by atoms with Crippen LogP contribution in [0.2, 0.25) is 10.0 Å². The SMILES string of the molecule is CNCC1Cc2cc(F)cc(-c3c(Cl)cccc3Cl)c2O1. The smallest absolute Gasteiger partial charge is 0.131 e. The van der Waals surface area contributed by atoms with Gasteiger partial charge < -0.3 is 10.1 Å². The molecule has 1 heterocycles.